The smallest absolute Gasteiger partial charge is 0.0120 e. The lowest BCUT2D eigenvalue weighted by Gasteiger charge is -2.31. The molecular weight excluding hydrogens is 224 g/mol. The van der Waals surface area contributed by atoms with Crippen LogP contribution in [0.1, 0.15) is 45.4 Å². The summed E-state index contributed by atoms with van der Waals surface area (Å²) in [5, 5.41) is 1.06. The molecule has 1 aliphatic carbocycles. The zero-order chi connectivity index (χ0) is 9.73. The van der Waals surface area contributed by atoms with Gasteiger partial charge < -0.3 is 0 Å². The summed E-state index contributed by atoms with van der Waals surface area (Å²) in [6, 6.07) is 0. The largest absolute Gasteiger partial charge is 0.103 e. The van der Waals surface area contributed by atoms with E-state index in [1.54, 1.807) is 0 Å². The maximum atomic E-state index is 3.94. The summed E-state index contributed by atoms with van der Waals surface area (Å²) in [7, 11) is 0. The van der Waals surface area contributed by atoms with Crippen LogP contribution in [-0.4, -0.2) is 5.33 Å². The molecule has 13 heavy (non-hydrogen) atoms. The Balaban J connectivity index is 2.40. The van der Waals surface area contributed by atoms with E-state index >= 15 is 0 Å². The highest BCUT2D eigenvalue weighted by molar-refractivity contribution is 9.09. The molecule has 1 rings (SSSR count). The second-order valence-electron chi connectivity index (χ2n) is 4.70. The zero-order valence-corrected chi connectivity index (χ0v) is 10.3. The van der Waals surface area contributed by atoms with Crippen molar-refractivity contribution < 1.29 is 0 Å². The Morgan fingerprint density at radius 1 is 1.38 bits per heavy atom. The van der Waals surface area contributed by atoms with Gasteiger partial charge in [0.2, 0.25) is 0 Å². The quantitative estimate of drug-likeness (QED) is 0.503. The van der Waals surface area contributed by atoms with Gasteiger partial charge in [0.05, 0.1) is 0 Å². The summed E-state index contributed by atoms with van der Waals surface area (Å²) >= 11 is 3.59. The number of rotatable bonds is 4. The molecule has 76 valence electrons. The van der Waals surface area contributed by atoms with E-state index in [-0.39, 0.29) is 0 Å². The van der Waals surface area contributed by atoms with Crippen molar-refractivity contribution in [2.24, 2.45) is 11.3 Å². The molecule has 0 N–H and O–H groups in total. The molecule has 0 aromatic heterocycles. The molecule has 0 amide bonds. The molecule has 0 bridgehead atoms. The Bertz CT molecular complexity index is 159. The molecule has 1 heteroatoms. The molecule has 0 saturated heterocycles. The van der Waals surface area contributed by atoms with Crippen LogP contribution in [0.15, 0.2) is 12.7 Å². The van der Waals surface area contributed by atoms with Crippen molar-refractivity contribution in [3.63, 3.8) is 0 Å². The predicted molar refractivity (Wildman–Crippen MR) is 63.3 cm³/mol. The highest BCUT2D eigenvalue weighted by atomic mass is 79.9. The molecular formula is C12H21Br. The Morgan fingerprint density at radius 2 is 2.00 bits per heavy atom. The molecule has 0 radical (unpaired) electrons. The van der Waals surface area contributed by atoms with E-state index in [1.165, 1.54) is 38.5 Å². The Labute approximate surface area is 90.9 Å². The average Bonchev–Trinajstić information content (AvgIpc) is 2.19. The third kappa shape index (κ3) is 3.46. The van der Waals surface area contributed by atoms with E-state index in [0.717, 1.165) is 11.2 Å². The number of alkyl halides is 1. The SMILES string of the molecule is C=CC(C)(CBr)CC1CCCCC1. The van der Waals surface area contributed by atoms with Crippen molar-refractivity contribution >= 4 is 15.9 Å². The van der Waals surface area contributed by atoms with E-state index in [1.807, 2.05) is 0 Å². The van der Waals surface area contributed by atoms with Gasteiger partial charge >= 0.3 is 0 Å². The van der Waals surface area contributed by atoms with Crippen molar-refractivity contribution in [1.82, 2.24) is 0 Å². The third-order valence-electron chi connectivity index (χ3n) is 3.28. The molecule has 1 atom stereocenters. The van der Waals surface area contributed by atoms with Gasteiger partial charge in [0.1, 0.15) is 0 Å². The molecule has 1 unspecified atom stereocenters. The summed E-state index contributed by atoms with van der Waals surface area (Å²) in [5.74, 6) is 0.953. The van der Waals surface area contributed by atoms with E-state index < -0.39 is 0 Å². The van der Waals surface area contributed by atoms with Crippen LogP contribution in [0.5, 0.6) is 0 Å². The maximum absolute atomic E-state index is 3.94. The van der Waals surface area contributed by atoms with Gasteiger partial charge in [-0.2, -0.15) is 0 Å². The van der Waals surface area contributed by atoms with Crippen LogP contribution in [0.3, 0.4) is 0 Å². The topological polar surface area (TPSA) is 0 Å². The van der Waals surface area contributed by atoms with Crippen LogP contribution < -0.4 is 0 Å². The van der Waals surface area contributed by atoms with Crippen molar-refractivity contribution in [3.8, 4) is 0 Å². The Kier molecular flexibility index (Phi) is 4.51. The van der Waals surface area contributed by atoms with Crippen LogP contribution in [0, 0.1) is 11.3 Å². The normalized spacial score (nSPS) is 23.8. The van der Waals surface area contributed by atoms with Crippen LogP contribution in [0.2, 0.25) is 0 Å². The summed E-state index contributed by atoms with van der Waals surface area (Å²) < 4.78 is 0. The number of allylic oxidation sites excluding steroid dienone is 1. The van der Waals surface area contributed by atoms with Crippen molar-refractivity contribution in [3.05, 3.63) is 12.7 Å². The first-order valence-electron chi connectivity index (χ1n) is 5.40. The number of hydrogen-bond donors (Lipinski definition) is 0. The molecule has 0 aromatic rings. The monoisotopic (exact) mass is 244 g/mol. The average molecular weight is 245 g/mol. The van der Waals surface area contributed by atoms with E-state index in [2.05, 4.69) is 35.5 Å². The van der Waals surface area contributed by atoms with E-state index in [9.17, 15) is 0 Å². The van der Waals surface area contributed by atoms with Gasteiger partial charge in [0.25, 0.3) is 0 Å². The minimum Gasteiger partial charge on any atom is -0.103 e. The first-order valence-corrected chi connectivity index (χ1v) is 6.52. The lowest BCUT2D eigenvalue weighted by Crippen LogP contribution is -2.21. The van der Waals surface area contributed by atoms with Gasteiger partial charge in [0, 0.05) is 5.33 Å². The standard InChI is InChI=1S/C12H21Br/c1-3-12(2,10-13)9-11-7-5-4-6-8-11/h3,11H,1,4-10H2,2H3. The van der Waals surface area contributed by atoms with Gasteiger partial charge in [-0.05, 0) is 17.8 Å². The van der Waals surface area contributed by atoms with Crippen molar-refractivity contribution in [2.45, 2.75) is 45.4 Å². The Hall–Kier alpha value is 0.220. The second-order valence-corrected chi connectivity index (χ2v) is 5.26. The summed E-state index contributed by atoms with van der Waals surface area (Å²) in [6.45, 7) is 6.25. The zero-order valence-electron chi connectivity index (χ0n) is 8.69. The van der Waals surface area contributed by atoms with Gasteiger partial charge in [-0.3, -0.25) is 0 Å². The van der Waals surface area contributed by atoms with Gasteiger partial charge in [0.15, 0.2) is 0 Å². The summed E-state index contributed by atoms with van der Waals surface area (Å²) in [4.78, 5) is 0. The highest BCUT2D eigenvalue weighted by Crippen LogP contribution is 2.36. The van der Waals surface area contributed by atoms with Gasteiger partial charge in [-0.1, -0.05) is 61.0 Å². The van der Waals surface area contributed by atoms with Gasteiger partial charge in [-0.25, -0.2) is 0 Å². The lowest BCUT2D eigenvalue weighted by atomic mass is 9.77. The van der Waals surface area contributed by atoms with Gasteiger partial charge in [-0.15, -0.1) is 6.58 Å². The molecule has 0 nitrogen and oxygen atoms in total. The lowest BCUT2D eigenvalue weighted by molar-refractivity contribution is 0.268. The first-order chi connectivity index (χ1) is 6.20. The molecule has 0 heterocycles. The van der Waals surface area contributed by atoms with Crippen molar-refractivity contribution in [2.75, 3.05) is 5.33 Å². The Morgan fingerprint density at radius 3 is 2.46 bits per heavy atom. The maximum Gasteiger partial charge on any atom is 0.0120 e. The minimum absolute atomic E-state index is 0.321. The van der Waals surface area contributed by atoms with Crippen LogP contribution in [0.4, 0.5) is 0 Å². The molecule has 1 saturated carbocycles. The molecule has 1 fully saturated rings. The fraction of sp³-hybridized carbons (Fsp3) is 0.833. The molecule has 1 aliphatic rings. The fourth-order valence-electron chi connectivity index (χ4n) is 2.24. The molecule has 0 aliphatic heterocycles. The van der Waals surface area contributed by atoms with Crippen LogP contribution in [0.25, 0.3) is 0 Å². The predicted octanol–water partition coefficient (Wildman–Crippen LogP) is 4.54. The molecule has 0 spiro atoms. The van der Waals surface area contributed by atoms with Crippen LogP contribution in [-0.2, 0) is 0 Å². The third-order valence-corrected chi connectivity index (χ3v) is 4.56. The number of halogens is 1. The first kappa shape index (κ1) is 11.3. The summed E-state index contributed by atoms with van der Waals surface area (Å²) in [5.41, 5.74) is 0.321. The molecule has 0 aromatic carbocycles. The van der Waals surface area contributed by atoms with E-state index in [4.69, 9.17) is 0 Å². The highest BCUT2D eigenvalue weighted by Gasteiger charge is 2.24. The van der Waals surface area contributed by atoms with E-state index in [0.29, 0.717) is 5.41 Å². The number of hydrogen-bond acceptors (Lipinski definition) is 0. The summed E-state index contributed by atoms with van der Waals surface area (Å²) in [6.07, 6.45) is 10.7. The van der Waals surface area contributed by atoms with Crippen LogP contribution >= 0.6 is 15.9 Å². The minimum atomic E-state index is 0.321. The fourth-order valence-corrected chi connectivity index (χ4v) is 2.70. The van der Waals surface area contributed by atoms with Crippen molar-refractivity contribution in [1.29, 1.82) is 0 Å². The second kappa shape index (κ2) is 5.19.